The van der Waals surface area contributed by atoms with Crippen LogP contribution in [0.4, 0.5) is 5.69 Å². The minimum Gasteiger partial charge on any atom is -0.364 e. The van der Waals surface area contributed by atoms with Gasteiger partial charge in [0.2, 0.25) is 0 Å². The topological polar surface area (TPSA) is 42.1 Å². The summed E-state index contributed by atoms with van der Waals surface area (Å²) in [4.78, 5) is 8.36. The Balaban J connectivity index is 2.02. The molecular formula is C15H19N3S. The highest BCUT2D eigenvalue weighted by molar-refractivity contribution is 7.10. The molecule has 4 heteroatoms. The lowest BCUT2D eigenvalue weighted by molar-refractivity contribution is 0.629. The second kappa shape index (κ2) is 4.94. The summed E-state index contributed by atoms with van der Waals surface area (Å²) >= 11 is 1.88. The van der Waals surface area contributed by atoms with E-state index in [1.54, 1.807) is 0 Å². The van der Waals surface area contributed by atoms with Gasteiger partial charge in [-0.15, -0.1) is 11.3 Å². The van der Waals surface area contributed by atoms with Crippen LogP contribution in [0.3, 0.4) is 0 Å². The minimum absolute atomic E-state index is 0.419. The van der Waals surface area contributed by atoms with E-state index in [2.05, 4.69) is 34.3 Å². The van der Waals surface area contributed by atoms with Crippen LogP contribution in [0.15, 0.2) is 23.7 Å². The molecule has 0 radical (unpaired) electrons. The molecule has 0 aromatic carbocycles. The zero-order valence-electron chi connectivity index (χ0n) is 11.4. The van der Waals surface area contributed by atoms with E-state index in [0.717, 1.165) is 24.2 Å². The first-order chi connectivity index (χ1) is 9.20. The van der Waals surface area contributed by atoms with Crippen LogP contribution in [0.25, 0.3) is 0 Å². The first-order valence-corrected chi connectivity index (χ1v) is 7.57. The van der Waals surface area contributed by atoms with Gasteiger partial charge in [-0.3, -0.25) is 4.98 Å². The van der Waals surface area contributed by atoms with Crippen molar-refractivity contribution in [3.8, 4) is 0 Å². The number of aromatic nitrogens is 1. The summed E-state index contributed by atoms with van der Waals surface area (Å²) in [5, 5.41) is 2.20. The number of nitrogens with zero attached hydrogens (tertiary/aromatic N) is 2. The molecule has 3 rings (SSSR count). The average molecular weight is 273 g/mol. The van der Waals surface area contributed by atoms with Crippen LogP contribution < -0.4 is 10.6 Å². The van der Waals surface area contributed by atoms with E-state index in [4.69, 9.17) is 5.73 Å². The Kier molecular flexibility index (Phi) is 3.29. The molecule has 1 atom stereocenters. The molecule has 0 saturated carbocycles. The molecule has 19 heavy (non-hydrogen) atoms. The summed E-state index contributed by atoms with van der Waals surface area (Å²) in [6.07, 6.45) is 3.04. The van der Waals surface area contributed by atoms with Gasteiger partial charge in [-0.05, 0) is 43.3 Å². The van der Waals surface area contributed by atoms with Crippen molar-refractivity contribution in [2.75, 3.05) is 11.4 Å². The van der Waals surface area contributed by atoms with Crippen LogP contribution in [0.2, 0.25) is 0 Å². The van der Waals surface area contributed by atoms with Crippen molar-refractivity contribution in [1.82, 2.24) is 4.98 Å². The third kappa shape index (κ3) is 2.15. The second-order valence-corrected chi connectivity index (χ2v) is 6.08. The molecule has 3 heterocycles. The number of fused-ring (bicyclic) bond motifs is 1. The monoisotopic (exact) mass is 273 g/mol. The van der Waals surface area contributed by atoms with Crippen molar-refractivity contribution >= 4 is 17.0 Å². The molecule has 2 aromatic heterocycles. The lowest BCUT2D eigenvalue weighted by Crippen LogP contribution is -2.34. The molecule has 2 aromatic rings. The number of nitrogens with two attached hydrogens (primary N) is 1. The smallest absolute Gasteiger partial charge is 0.0525 e. The van der Waals surface area contributed by atoms with Crippen molar-refractivity contribution in [3.63, 3.8) is 0 Å². The number of hydrogen-bond donors (Lipinski definition) is 1. The molecule has 3 nitrogen and oxygen atoms in total. The molecule has 0 aliphatic carbocycles. The van der Waals surface area contributed by atoms with Gasteiger partial charge in [0.15, 0.2) is 0 Å². The first-order valence-electron chi connectivity index (χ1n) is 6.69. The normalized spacial score (nSPS) is 18.5. The van der Waals surface area contributed by atoms with Gasteiger partial charge in [-0.25, -0.2) is 0 Å². The van der Waals surface area contributed by atoms with Gasteiger partial charge >= 0.3 is 0 Å². The van der Waals surface area contributed by atoms with Crippen LogP contribution in [-0.4, -0.2) is 11.5 Å². The molecule has 1 unspecified atom stereocenters. The Morgan fingerprint density at radius 2 is 2.37 bits per heavy atom. The maximum Gasteiger partial charge on any atom is 0.0525 e. The fourth-order valence-corrected chi connectivity index (χ4v) is 3.80. The summed E-state index contributed by atoms with van der Waals surface area (Å²) in [7, 11) is 0. The van der Waals surface area contributed by atoms with E-state index in [1.165, 1.54) is 16.1 Å². The van der Waals surface area contributed by atoms with Gasteiger partial charge < -0.3 is 10.6 Å². The van der Waals surface area contributed by atoms with E-state index >= 15 is 0 Å². The number of rotatable bonds is 2. The van der Waals surface area contributed by atoms with Crippen LogP contribution >= 0.6 is 11.3 Å². The van der Waals surface area contributed by atoms with E-state index in [1.807, 2.05) is 24.5 Å². The Morgan fingerprint density at radius 1 is 1.53 bits per heavy atom. The van der Waals surface area contributed by atoms with Crippen molar-refractivity contribution in [2.45, 2.75) is 32.9 Å². The Hall–Kier alpha value is -1.39. The Labute approximate surface area is 118 Å². The zero-order valence-corrected chi connectivity index (χ0v) is 12.2. The summed E-state index contributed by atoms with van der Waals surface area (Å²) in [6, 6.07) is 4.84. The molecule has 100 valence electrons. The molecule has 0 spiro atoms. The molecule has 1 aliphatic heterocycles. The van der Waals surface area contributed by atoms with Crippen molar-refractivity contribution in [3.05, 3.63) is 45.4 Å². The summed E-state index contributed by atoms with van der Waals surface area (Å²) in [5.74, 6) is 0. The number of anilines is 1. The summed E-state index contributed by atoms with van der Waals surface area (Å²) in [6.45, 7) is 5.92. The molecule has 0 saturated heterocycles. The summed E-state index contributed by atoms with van der Waals surface area (Å²) < 4.78 is 0. The van der Waals surface area contributed by atoms with Crippen LogP contribution in [0.1, 0.15) is 34.7 Å². The van der Waals surface area contributed by atoms with Crippen molar-refractivity contribution < 1.29 is 0 Å². The van der Waals surface area contributed by atoms with Gasteiger partial charge in [-0.1, -0.05) is 0 Å². The standard InChI is InChI=1S/C15H19N3S/c1-10-7-14(12(8-16)9-17-10)18-5-3-15-13(11(18)2)4-6-19-15/h4,6-7,9,11H,3,5,8,16H2,1-2H3. The third-order valence-electron chi connectivity index (χ3n) is 3.91. The highest BCUT2D eigenvalue weighted by Crippen LogP contribution is 2.37. The first kappa shape index (κ1) is 12.6. The van der Waals surface area contributed by atoms with Gasteiger partial charge in [0, 0.05) is 41.1 Å². The van der Waals surface area contributed by atoms with Gasteiger partial charge in [0.05, 0.1) is 6.04 Å². The minimum atomic E-state index is 0.419. The molecule has 2 N–H and O–H groups in total. The number of thiophene rings is 1. The molecule has 0 amide bonds. The summed E-state index contributed by atoms with van der Waals surface area (Å²) in [5.41, 5.74) is 10.8. The highest BCUT2D eigenvalue weighted by Gasteiger charge is 2.26. The number of aryl methyl sites for hydroxylation is 1. The largest absolute Gasteiger partial charge is 0.364 e. The van der Waals surface area contributed by atoms with E-state index in [0.29, 0.717) is 12.6 Å². The van der Waals surface area contributed by atoms with Crippen LogP contribution in [0.5, 0.6) is 0 Å². The van der Waals surface area contributed by atoms with Gasteiger partial charge in [0.1, 0.15) is 0 Å². The fourth-order valence-electron chi connectivity index (χ4n) is 2.84. The van der Waals surface area contributed by atoms with Gasteiger partial charge in [0.25, 0.3) is 0 Å². The SMILES string of the molecule is Cc1cc(N2CCc3sccc3C2C)c(CN)cn1. The predicted molar refractivity (Wildman–Crippen MR) is 80.6 cm³/mol. The van der Waals surface area contributed by atoms with E-state index in [9.17, 15) is 0 Å². The quantitative estimate of drug-likeness (QED) is 0.914. The highest BCUT2D eigenvalue weighted by atomic mass is 32.1. The third-order valence-corrected chi connectivity index (χ3v) is 4.90. The van der Waals surface area contributed by atoms with E-state index in [-0.39, 0.29) is 0 Å². The Bertz CT molecular complexity index is 591. The van der Waals surface area contributed by atoms with Crippen molar-refractivity contribution in [1.29, 1.82) is 0 Å². The van der Waals surface area contributed by atoms with E-state index < -0.39 is 0 Å². The fraction of sp³-hybridized carbons (Fsp3) is 0.400. The zero-order chi connectivity index (χ0) is 13.4. The van der Waals surface area contributed by atoms with Crippen molar-refractivity contribution in [2.24, 2.45) is 5.73 Å². The average Bonchev–Trinajstić information content (AvgIpc) is 2.88. The van der Waals surface area contributed by atoms with Gasteiger partial charge in [-0.2, -0.15) is 0 Å². The predicted octanol–water partition coefficient (Wildman–Crippen LogP) is 3.03. The lowest BCUT2D eigenvalue weighted by Gasteiger charge is -2.36. The molecule has 0 fully saturated rings. The molecule has 1 aliphatic rings. The maximum atomic E-state index is 5.86. The number of pyridine rings is 1. The second-order valence-electron chi connectivity index (χ2n) is 5.08. The molecule has 0 bridgehead atoms. The Morgan fingerprint density at radius 3 is 3.16 bits per heavy atom. The number of hydrogen-bond acceptors (Lipinski definition) is 4. The maximum absolute atomic E-state index is 5.86. The van der Waals surface area contributed by atoms with Crippen LogP contribution in [-0.2, 0) is 13.0 Å². The van der Waals surface area contributed by atoms with Crippen LogP contribution in [0, 0.1) is 6.92 Å². The lowest BCUT2D eigenvalue weighted by atomic mass is 9.99. The molecular weight excluding hydrogens is 254 g/mol.